The summed E-state index contributed by atoms with van der Waals surface area (Å²) in [5.41, 5.74) is 0. The molecule has 1 aromatic heterocycles. The monoisotopic (exact) mass is 285 g/mol. The first-order chi connectivity index (χ1) is 9.09. The van der Waals surface area contributed by atoms with Crippen LogP contribution in [0.2, 0.25) is 0 Å². The standard InChI is InChI=1S/C12H15NO5S/c14-9(10-2-1-7-19-10)3-4-11(15)13-5-6-18-8-12(16)17/h1-2,7H,3-6,8H2,(H,13,15)(H,16,17). The predicted molar refractivity (Wildman–Crippen MR) is 69.3 cm³/mol. The van der Waals surface area contributed by atoms with Gasteiger partial charge in [0.15, 0.2) is 5.78 Å². The van der Waals surface area contributed by atoms with E-state index in [4.69, 9.17) is 9.84 Å². The summed E-state index contributed by atoms with van der Waals surface area (Å²) >= 11 is 1.35. The van der Waals surface area contributed by atoms with Crippen molar-refractivity contribution in [2.24, 2.45) is 0 Å². The number of carbonyl (C=O) groups excluding carboxylic acids is 2. The molecule has 1 amide bonds. The van der Waals surface area contributed by atoms with Crippen LogP contribution in [0.4, 0.5) is 0 Å². The van der Waals surface area contributed by atoms with Crippen molar-refractivity contribution in [2.75, 3.05) is 19.8 Å². The number of nitrogens with one attached hydrogen (secondary N) is 1. The number of ketones is 1. The minimum Gasteiger partial charge on any atom is -0.480 e. The third kappa shape index (κ3) is 6.68. The first kappa shape index (κ1) is 15.3. The normalized spacial score (nSPS) is 10.1. The molecule has 0 spiro atoms. The summed E-state index contributed by atoms with van der Waals surface area (Å²) in [5, 5.41) is 12.7. The molecule has 1 aromatic rings. The predicted octanol–water partition coefficient (Wildman–Crippen LogP) is 0.928. The Labute approximate surface area is 114 Å². The smallest absolute Gasteiger partial charge is 0.329 e. The second-order valence-electron chi connectivity index (χ2n) is 3.70. The number of hydrogen-bond acceptors (Lipinski definition) is 5. The third-order valence-corrected chi connectivity index (χ3v) is 3.08. The zero-order chi connectivity index (χ0) is 14.1. The molecule has 7 heteroatoms. The van der Waals surface area contributed by atoms with Gasteiger partial charge in [-0.15, -0.1) is 11.3 Å². The van der Waals surface area contributed by atoms with Gasteiger partial charge >= 0.3 is 5.97 Å². The van der Waals surface area contributed by atoms with Crippen LogP contribution in [-0.2, 0) is 14.3 Å². The van der Waals surface area contributed by atoms with Crippen LogP contribution in [0.25, 0.3) is 0 Å². The van der Waals surface area contributed by atoms with Gasteiger partial charge in [0.05, 0.1) is 11.5 Å². The topological polar surface area (TPSA) is 92.7 Å². The zero-order valence-electron chi connectivity index (χ0n) is 10.3. The highest BCUT2D eigenvalue weighted by molar-refractivity contribution is 7.12. The van der Waals surface area contributed by atoms with Gasteiger partial charge in [-0.05, 0) is 11.4 Å². The largest absolute Gasteiger partial charge is 0.480 e. The lowest BCUT2D eigenvalue weighted by Crippen LogP contribution is -2.28. The van der Waals surface area contributed by atoms with E-state index < -0.39 is 5.97 Å². The average molecular weight is 285 g/mol. The van der Waals surface area contributed by atoms with Gasteiger partial charge < -0.3 is 15.2 Å². The van der Waals surface area contributed by atoms with E-state index >= 15 is 0 Å². The fourth-order valence-electron chi connectivity index (χ4n) is 1.30. The van der Waals surface area contributed by atoms with E-state index in [1.807, 2.05) is 5.38 Å². The molecule has 0 unspecified atom stereocenters. The van der Waals surface area contributed by atoms with E-state index in [0.29, 0.717) is 4.88 Å². The summed E-state index contributed by atoms with van der Waals surface area (Å²) < 4.78 is 4.75. The number of carboxylic acids is 1. The molecule has 0 radical (unpaired) electrons. The number of carbonyl (C=O) groups is 3. The number of thiophene rings is 1. The van der Waals surface area contributed by atoms with Crippen LogP contribution in [0.3, 0.4) is 0 Å². The molecule has 0 aliphatic rings. The number of aliphatic carboxylic acids is 1. The fraction of sp³-hybridized carbons (Fsp3) is 0.417. The van der Waals surface area contributed by atoms with Gasteiger partial charge in [-0.3, -0.25) is 9.59 Å². The number of carboxylic acid groups (broad SMARTS) is 1. The molecule has 0 bridgehead atoms. The van der Waals surface area contributed by atoms with Crippen molar-refractivity contribution in [3.05, 3.63) is 22.4 Å². The molecular weight excluding hydrogens is 270 g/mol. The van der Waals surface area contributed by atoms with E-state index in [1.165, 1.54) is 11.3 Å². The van der Waals surface area contributed by atoms with E-state index in [-0.39, 0.29) is 44.3 Å². The lowest BCUT2D eigenvalue weighted by molar-refractivity contribution is -0.142. The molecular formula is C12H15NO5S. The Morgan fingerprint density at radius 3 is 2.74 bits per heavy atom. The number of hydrogen-bond donors (Lipinski definition) is 2. The summed E-state index contributed by atoms with van der Waals surface area (Å²) in [7, 11) is 0. The van der Waals surface area contributed by atoms with Gasteiger partial charge in [0, 0.05) is 19.4 Å². The van der Waals surface area contributed by atoms with Crippen molar-refractivity contribution >= 4 is 29.0 Å². The Hall–Kier alpha value is -1.73. The molecule has 0 aromatic carbocycles. The van der Waals surface area contributed by atoms with Crippen LogP contribution in [-0.4, -0.2) is 42.5 Å². The number of ether oxygens (including phenoxy) is 1. The first-order valence-corrected chi connectivity index (χ1v) is 6.60. The second kappa shape index (κ2) is 8.39. The molecule has 0 aliphatic carbocycles. The molecule has 1 heterocycles. The highest BCUT2D eigenvalue weighted by Crippen LogP contribution is 2.11. The first-order valence-electron chi connectivity index (χ1n) is 5.72. The van der Waals surface area contributed by atoms with E-state index in [0.717, 1.165) is 0 Å². The van der Waals surface area contributed by atoms with Crippen molar-refractivity contribution in [2.45, 2.75) is 12.8 Å². The SMILES string of the molecule is O=C(O)COCCNC(=O)CCC(=O)c1cccs1. The number of rotatable bonds is 9. The fourth-order valence-corrected chi connectivity index (χ4v) is 1.99. The Kier molecular flexibility index (Phi) is 6.76. The lowest BCUT2D eigenvalue weighted by atomic mass is 10.2. The second-order valence-corrected chi connectivity index (χ2v) is 4.64. The van der Waals surface area contributed by atoms with Crippen LogP contribution in [0, 0.1) is 0 Å². The summed E-state index contributed by atoms with van der Waals surface area (Å²) in [4.78, 5) is 33.8. The van der Waals surface area contributed by atoms with Crippen molar-refractivity contribution in [1.82, 2.24) is 5.32 Å². The van der Waals surface area contributed by atoms with E-state index in [9.17, 15) is 14.4 Å². The van der Waals surface area contributed by atoms with Gasteiger partial charge in [-0.2, -0.15) is 0 Å². The van der Waals surface area contributed by atoms with Gasteiger partial charge in [0.1, 0.15) is 6.61 Å². The van der Waals surface area contributed by atoms with E-state index in [2.05, 4.69) is 5.32 Å². The maximum atomic E-state index is 11.6. The van der Waals surface area contributed by atoms with E-state index in [1.54, 1.807) is 12.1 Å². The molecule has 1 rings (SSSR count). The molecule has 0 saturated carbocycles. The molecule has 0 atom stereocenters. The maximum Gasteiger partial charge on any atom is 0.329 e. The molecule has 0 aliphatic heterocycles. The number of amides is 1. The molecule has 2 N–H and O–H groups in total. The van der Waals surface area contributed by atoms with Crippen LogP contribution in [0.5, 0.6) is 0 Å². The van der Waals surface area contributed by atoms with Crippen LogP contribution in [0.15, 0.2) is 17.5 Å². The summed E-state index contributed by atoms with van der Waals surface area (Å²) in [5.74, 6) is -1.34. The average Bonchev–Trinajstić information content (AvgIpc) is 2.89. The van der Waals surface area contributed by atoms with Crippen LogP contribution in [0.1, 0.15) is 22.5 Å². The lowest BCUT2D eigenvalue weighted by Gasteiger charge is -2.04. The number of Topliss-reactive ketones (excluding diaryl/α,β-unsaturated/α-hetero) is 1. The molecule has 19 heavy (non-hydrogen) atoms. The van der Waals surface area contributed by atoms with Crippen molar-refractivity contribution in [3.8, 4) is 0 Å². The third-order valence-electron chi connectivity index (χ3n) is 2.17. The van der Waals surface area contributed by atoms with Crippen LogP contribution < -0.4 is 5.32 Å². The highest BCUT2D eigenvalue weighted by atomic mass is 32.1. The Morgan fingerprint density at radius 1 is 1.32 bits per heavy atom. The van der Waals surface area contributed by atoms with Gasteiger partial charge in [0.25, 0.3) is 0 Å². The summed E-state index contributed by atoms with van der Waals surface area (Å²) in [6.45, 7) is -0.0110. The Morgan fingerprint density at radius 2 is 2.11 bits per heavy atom. The molecule has 0 saturated heterocycles. The molecule has 104 valence electrons. The van der Waals surface area contributed by atoms with Crippen molar-refractivity contribution in [1.29, 1.82) is 0 Å². The summed E-state index contributed by atoms with van der Waals surface area (Å²) in [6.07, 6.45) is 0.290. The minimum atomic E-state index is -1.05. The Balaban J connectivity index is 2.08. The van der Waals surface area contributed by atoms with Gasteiger partial charge in [0.2, 0.25) is 5.91 Å². The Bertz CT molecular complexity index is 429. The zero-order valence-corrected chi connectivity index (χ0v) is 11.1. The maximum absolute atomic E-state index is 11.6. The van der Waals surface area contributed by atoms with Crippen molar-refractivity contribution < 1.29 is 24.2 Å². The van der Waals surface area contributed by atoms with Gasteiger partial charge in [-0.1, -0.05) is 6.07 Å². The molecule has 0 fully saturated rings. The minimum absolute atomic E-state index is 0.0488. The van der Waals surface area contributed by atoms with Crippen molar-refractivity contribution in [3.63, 3.8) is 0 Å². The van der Waals surface area contributed by atoms with Gasteiger partial charge in [-0.25, -0.2) is 4.79 Å². The highest BCUT2D eigenvalue weighted by Gasteiger charge is 2.09. The van der Waals surface area contributed by atoms with Crippen LogP contribution >= 0.6 is 11.3 Å². The summed E-state index contributed by atoms with van der Waals surface area (Å²) in [6, 6.07) is 3.52. The molecule has 6 nitrogen and oxygen atoms in total. The quantitative estimate of drug-likeness (QED) is 0.520.